The van der Waals surface area contributed by atoms with Crippen LogP contribution in [0, 0.1) is 0 Å². The number of carbonyl (C=O) groups excluding carboxylic acids is 1. The van der Waals surface area contributed by atoms with E-state index < -0.39 is 12.0 Å². The molecule has 1 aromatic carbocycles. The van der Waals surface area contributed by atoms with Crippen molar-refractivity contribution in [3.05, 3.63) is 83.2 Å². The van der Waals surface area contributed by atoms with E-state index in [1.165, 1.54) is 11.3 Å². The fraction of sp³-hybridized carbons (Fsp3) is 0.320. The van der Waals surface area contributed by atoms with E-state index in [-0.39, 0.29) is 18.8 Å². The summed E-state index contributed by atoms with van der Waals surface area (Å²) in [6.07, 6.45) is 2.77. The highest BCUT2D eigenvalue weighted by Gasteiger charge is 2.33. The smallest absolute Gasteiger partial charge is 0.338 e. The van der Waals surface area contributed by atoms with Crippen molar-refractivity contribution in [1.82, 2.24) is 4.57 Å². The van der Waals surface area contributed by atoms with E-state index in [1.54, 1.807) is 29.9 Å². The van der Waals surface area contributed by atoms with Crippen molar-refractivity contribution in [3.63, 3.8) is 0 Å². The molecule has 3 aromatic rings. The first kappa shape index (κ1) is 24.1. The van der Waals surface area contributed by atoms with Crippen molar-refractivity contribution in [2.24, 2.45) is 4.99 Å². The average molecular weight is 499 g/mol. The van der Waals surface area contributed by atoms with E-state index in [0.717, 1.165) is 22.6 Å². The highest BCUT2D eigenvalue weighted by Crippen LogP contribution is 2.31. The summed E-state index contributed by atoms with van der Waals surface area (Å²) in [4.78, 5) is 32.8. The second-order valence-corrected chi connectivity index (χ2v) is 9.63. The molecule has 0 saturated heterocycles. The number of fused-ring (bicyclic) bond motifs is 1. The van der Waals surface area contributed by atoms with Crippen LogP contribution in [-0.4, -0.2) is 37.5 Å². The second kappa shape index (κ2) is 10.9. The summed E-state index contributed by atoms with van der Waals surface area (Å²) in [5, 5.41) is 1.96. The Morgan fingerprint density at radius 3 is 2.65 bits per heavy atom. The van der Waals surface area contributed by atoms with E-state index in [9.17, 15) is 9.59 Å². The zero-order valence-corrected chi connectivity index (χ0v) is 20.9. The fourth-order valence-corrected chi connectivity index (χ4v) is 5.43. The zero-order valence-electron chi connectivity index (χ0n) is 19.3. The molecule has 1 aliphatic heterocycles. The monoisotopic (exact) mass is 498 g/mol. The molecule has 0 bridgehead atoms. The van der Waals surface area contributed by atoms with Crippen LogP contribution < -0.4 is 19.6 Å². The number of allylic oxidation sites excluding steroid dienone is 1. The summed E-state index contributed by atoms with van der Waals surface area (Å²) in [5.41, 5.74) is 1.46. The number of carbonyl (C=O) groups is 1. The first-order valence-electron chi connectivity index (χ1n) is 11.0. The molecule has 3 heterocycles. The lowest BCUT2D eigenvalue weighted by Gasteiger charge is -2.25. The van der Waals surface area contributed by atoms with Crippen LogP contribution in [0.4, 0.5) is 0 Å². The third-order valence-corrected chi connectivity index (χ3v) is 7.05. The predicted octanol–water partition coefficient (Wildman–Crippen LogP) is 3.28. The molecule has 7 nitrogen and oxygen atoms in total. The summed E-state index contributed by atoms with van der Waals surface area (Å²) in [6, 6.07) is 10.7. The fourth-order valence-electron chi connectivity index (χ4n) is 3.66. The Labute approximate surface area is 205 Å². The zero-order chi connectivity index (χ0) is 24.1. The summed E-state index contributed by atoms with van der Waals surface area (Å²) >= 11 is 2.87. The average Bonchev–Trinajstić information content (AvgIpc) is 3.45. The second-order valence-electron chi connectivity index (χ2n) is 7.64. The minimum absolute atomic E-state index is 0.116. The molecular formula is C25H26N2O5S2. The number of thiophene rings is 1. The summed E-state index contributed by atoms with van der Waals surface area (Å²) in [6.45, 7) is 4.84. The maximum absolute atomic E-state index is 13.5. The molecule has 0 fully saturated rings. The number of nitrogens with zero attached hydrogens (tertiary/aromatic N) is 2. The molecule has 0 N–H and O–H groups in total. The van der Waals surface area contributed by atoms with Gasteiger partial charge in [0.15, 0.2) is 4.80 Å². The number of benzene rings is 1. The van der Waals surface area contributed by atoms with E-state index in [0.29, 0.717) is 27.2 Å². The molecule has 178 valence electrons. The van der Waals surface area contributed by atoms with Gasteiger partial charge in [-0.1, -0.05) is 36.5 Å². The molecule has 0 radical (unpaired) electrons. The molecule has 1 atom stereocenters. The summed E-state index contributed by atoms with van der Waals surface area (Å²) in [5.74, 6) is 0.225. The van der Waals surface area contributed by atoms with Crippen LogP contribution in [0.25, 0.3) is 6.08 Å². The van der Waals surface area contributed by atoms with E-state index >= 15 is 0 Å². The van der Waals surface area contributed by atoms with Gasteiger partial charge in [0.25, 0.3) is 5.56 Å². The van der Waals surface area contributed by atoms with Crippen LogP contribution in [0.1, 0.15) is 36.8 Å². The number of ether oxygens (including phenoxy) is 3. The van der Waals surface area contributed by atoms with Gasteiger partial charge in [0.2, 0.25) is 0 Å². The Bertz CT molecular complexity index is 1350. The molecule has 0 spiro atoms. The molecule has 0 aliphatic carbocycles. The lowest BCUT2D eigenvalue weighted by atomic mass is 9.96. The third-order valence-electron chi connectivity index (χ3n) is 5.25. The van der Waals surface area contributed by atoms with Crippen molar-refractivity contribution in [3.8, 4) is 5.75 Å². The molecule has 1 unspecified atom stereocenters. The number of methoxy groups -OCH3 is 1. The van der Waals surface area contributed by atoms with Crippen LogP contribution in [-0.2, 0) is 14.3 Å². The van der Waals surface area contributed by atoms with Crippen LogP contribution in [0.5, 0.6) is 5.75 Å². The standard InChI is InChI=1S/C25H26N2O5S2/c1-4-11-31-18-9-7-17(8-10-18)22-21(24(29)32-13-12-30-3)16(2)26-25-27(22)23(28)20(34-25)15-19-6-5-14-33-19/h5-10,14-15,22H,4,11-13H2,1-3H3/b20-15-. The SMILES string of the molecule is CCCOc1ccc(C2C(C(=O)OCCOC)=C(C)N=c3s/c(=C\c4cccs4)c(=O)n32)cc1. The number of hydrogen-bond acceptors (Lipinski definition) is 8. The molecule has 34 heavy (non-hydrogen) atoms. The van der Waals surface area contributed by atoms with Crippen LogP contribution in [0.3, 0.4) is 0 Å². The van der Waals surface area contributed by atoms with Gasteiger partial charge in [-0.25, -0.2) is 9.79 Å². The number of hydrogen-bond donors (Lipinski definition) is 0. The van der Waals surface area contributed by atoms with E-state index in [4.69, 9.17) is 14.2 Å². The van der Waals surface area contributed by atoms with Crippen molar-refractivity contribution < 1.29 is 19.0 Å². The van der Waals surface area contributed by atoms with Crippen molar-refractivity contribution >= 4 is 34.7 Å². The van der Waals surface area contributed by atoms with Gasteiger partial charge in [-0.2, -0.15) is 0 Å². The minimum Gasteiger partial charge on any atom is -0.494 e. The topological polar surface area (TPSA) is 79.1 Å². The maximum Gasteiger partial charge on any atom is 0.338 e. The van der Waals surface area contributed by atoms with Crippen molar-refractivity contribution in [1.29, 1.82) is 0 Å². The highest BCUT2D eigenvalue weighted by molar-refractivity contribution is 7.11. The third kappa shape index (κ3) is 5.06. The van der Waals surface area contributed by atoms with Gasteiger partial charge in [-0.15, -0.1) is 11.3 Å². The summed E-state index contributed by atoms with van der Waals surface area (Å²) in [7, 11) is 1.54. The lowest BCUT2D eigenvalue weighted by Crippen LogP contribution is -2.40. The maximum atomic E-state index is 13.5. The van der Waals surface area contributed by atoms with Crippen LogP contribution >= 0.6 is 22.7 Å². The number of aromatic nitrogens is 1. The Balaban J connectivity index is 1.83. The Hall–Kier alpha value is -3.01. The molecular weight excluding hydrogens is 472 g/mol. The normalized spacial score (nSPS) is 15.7. The molecule has 4 rings (SSSR count). The minimum atomic E-state index is -0.656. The van der Waals surface area contributed by atoms with Gasteiger partial charge < -0.3 is 14.2 Å². The van der Waals surface area contributed by atoms with Gasteiger partial charge in [0, 0.05) is 12.0 Å². The van der Waals surface area contributed by atoms with Crippen LogP contribution in [0.15, 0.2) is 62.8 Å². The van der Waals surface area contributed by atoms with Gasteiger partial charge in [0.1, 0.15) is 12.4 Å². The first-order valence-corrected chi connectivity index (χ1v) is 12.7. The largest absolute Gasteiger partial charge is 0.494 e. The molecule has 9 heteroatoms. The van der Waals surface area contributed by atoms with Crippen molar-refractivity contribution in [2.75, 3.05) is 26.9 Å². The number of thiazole rings is 1. The van der Waals surface area contributed by atoms with Gasteiger partial charge >= 0.3 is 5.97 Å². The molecule has 2 aromatic heterocycles. The lowest BCUT2D eigenvalue weighted by molar-refractivity contribution is -0.140. The van der Waals surface area contributed by atoms with Crippen molar-refractivity contribution in [2.45, 2.75) is 26.3 Å². The Kier molecular flexibility index (Phi) is 7.77. The van der Waals surface area contributed by atoms with Gasteiger partial charge in [-0.05, 0) is 48.6 Å². The summed E-state index contributed by atoms with van der Waals surface area (Å²) < 4.78 is 18.3. The highest BCUT2D eigenvalue weighted by atomic mass is 32.1. The Morgan fingerprint density at radius 2 is 1.97 bits per heavy atom. The molecule has 0 amide bonds. The van der Waals surface area contributed by atoms with Gasteiger partial charge in [-0.3, -0.25) is 9.36 Å². The quantitative estimate of drug-likeness (QED) is 0.334. The number of esters is 1. The van der Waals surface area contributed by atoms with E-state index in [2.05, 4.69) is 4.99 Å². The molecule has 1 aliphatic rings. The van der Waals surface area contributed by atoms with Gasteiger partial charge in [0.05, 0.1) is 35.1 Å². The molecule has 0 saturated carbocycles. The number of rotatable bonds is 9. The first-order chi connectivity index (χ1) is 16.5. The van der Waals surface area contributed by atoms with E-state index in [1.807, 2.05) is 54.8 Å². The Morgan fingerprint density at radius 1 is 1.18 bits per heavy atom. The predicted molar refractivity (Wildman–Crippen MR) is 133 cm³/mol. The van der Waals surface area contributed by atoms with Crippen LogP contribution in [0.2, 0.25) is 0 Å².